The van der Waals surface area contributed by atoms with Gasteiger partial charge in [0.2, 0.25) is 0 Å². The average molecular weight is 382 g/mol. The van der Waals surface area contributed by atoms with Crippen LogP contribution in [0.25, 0.3) is 0 Å². The number of likely N-dealkylation sites (tertiary alicyclic amines) is 1. The van der Waals surface area contributed by atoms with Crippen LogP contribution in [0.15, 0.2) is 24.7 Å². The molecule has 1 unspecified atom stereocenters. The third-order valence-electron chi connectivity index (χ3n) is 5.38. The molecule has 9 heteroatoms. The Morgan fingerprint density at radius 1 is 1.36 bits per heavy atom. The minimum atomic E-state index is 0.0563. The standard InChI is InChI=1S/C19H26N8O/c1-3-6-16-15(11-20-22-16)19(28)26-9-4-7-14(12-26)18-24-23-17(25(18)2)13-27-10-5-8-21-27/h5,8,10-11,14H,3-4,6-7,9,12-13H2,1-2H3,(H,20,22). The molecule has 3 aromatic rings. The highest BCUT2D eigenvalue weighted by Crippen LogP contribution is 2.27. The molecule has 1 amide bonds. The fraction of sp³-hybridized carbons (Fsp3) is 0.526. The molecule has 0 spiro atoms. The van der Waals surface area contributed by atoms with Gasteiger partial charge in [-0.1, -0.05) is 13.3 Å². The number of carbonyl (C=O) groups is 1. The van der Waals surface area contributed by atoms with Crippen molar-refractivity contribution in [3.05, 3.63) is 47.6 Å². The Balaban J connectivity index is 1.49. The molecule has 1 aliphatic heterocycles. The van der Waals surface area contributed by atoms with Crippen molar-refractivity contribution >= 4 is 5.91 Å². The average Bonchev–Trinajstić information content (AvgIpc) is 3.45. The molecule has 4 heterocycles. The first-order valence-corrected chi connectivity index (χ1v) is 9.84. The van der Waals surface area contributed by atoms with Crippen LogP contribution < -0.4 is 0 Å². The summed E-state index contributed by atoms with van der Waals surface area (Å²) in [5.41, 5.74) is 1.62. The van der Waals surface area contributed by atoms with E-state index in [1.165, 1.54) is 0 Å². The number of hydrogen-bond donors (Lipinski definition) is 1. The van der Waals surface area contributed by atoms with Gasteiger partial charge < -0.3 is 9.47 Å². The van der Waals surface area contributed by atoms with Crippen molar-refractivity contribution in [3.8, 4) is 0 Å². The van der Waals surface area contributed by atoms with Crippen molar-refractivity contribution in [2.24, 2.45) is 7.05 Å². The quantitative estimate of drug-likeness (QED) is 0.700. The van der Waals surface area contributed by atoms with E-state index in [0.29, 0.717) is 18.7 Å². The fourth-order valence-corrected chi connectivity index (χ4v) is 3.89. The second-order valence-corrected chi connectivity index (χ2v) is 7.34. The maximum Gasteiger partial charge on any atom is 0.257 e. The highest BCUT2D eigenvalue weighted by Gasteiger charge is 2.30. The van der Waals surface area contributed by atoms with Crippen LogP contribution in [0.2, 0.25) is 0 Å². The monoisotopic (exact) mass is 382 g/mol. The topological polar surface area (TPSA) is 97.5 Å². The van der Waals surface area contributed by atoms with Crippen LogP contribution in [0.4, 0.5) is 0 Å². The molecule has 1 N–H and O–H groups in total. The SMILES string of the molecule is CCCc1[nH]ncc1C(=O)N1CCCC(c2nnc(Cn3cccn3)n2C)C1. The maximum absolute atomic E-state index is 13.0. The van der Waals surface area contributed by atoms with Crippen LogP contribution >= 0.6 is 0 Å². The van der Waals surface area contributed by atoms with Crippen LogP contribution in [0.3, 0.4) is 0 Å². The molecule has 0 aliphatic carbocycles. The van der Waals surface area contributed by atoms with Crippen molar-refractivity contribution in [2.45, 2.75) is 45.1 Å². The summed E-state index contributed by atoms with van der Waals surface area (Å²) in [7, 11) is 1.99. The first-order valence-electron chi connectivity index (χ1n) is 9.84. The van der Waals surface area contributed by atoms with Gasteiger partial charge in [-0.15, -0.1) is 10.2 Å². The van der Waals surface area contributed by atoms with Crippen molar-refractivity contribution in [3.63, 3.8) is 0 Å². The minimum absolute atomic E-state index is 0.0563. The van der Waals surface area contributed by atoms with E-state index < -0.39 is 0 Å². The second kappa shape index (κ2) is 7.95. The molecule has 1 atom stereocenters. The number of H-pyrrole nitrogens is 1. The van der Waals surface area contributed by atoms with E-state index in [1.807, 2.05) is 33.5 Å². The largest absolute Gasteiger partial charge is 0.338 e. The summed E-state index contributed by atoms with van der Waals surface area (Å²) < 4.78 is 3.87. The van der Waals surface area contributed by atoms with Gasteiger partial charge in [-0.2, -0.15) is 10.2 Å². The third-order valence-corrected chi connectivity index (χ3v) is 5.38. The van der Waals surface area contributed by atoms with Gasteiger partial charge in [0.05, 0.1) is 11.8 Å². The lowest BCUT2D eigenvalue weighted by molar-refractivity contribution is 0.0702. The molecule has 0 aromatic carbocycles. The highest BCUT2D eigenvalue weighted by molar-refractivity contribution is 5.95. The van der Waals surface area contributed by atoms with Gasteiger partial charge in [0.25, 0.3) is 5.91 Å². The van der Waals surface area contributed by atoms with Crippen LogP contribution in [0, 0.1) is 0 Å². The molecular formula is C19H26N8O. The normalized spacial score (nSPS) is 17.2. The minimum Gasteiger partial charge on any atom is -0.338 e. The fourth-order valence-electron chi connectivity index (χ4n) is 3.89. The Labute approximate surface area is 163 Å². The zero-order valence-corrected chi connectivity index (χ0v) is 16.4. The number of aromatic nitrogens is 7. The lowest BCUT2D eigenvalue weighted by atomic mass is 9.96. The highest BCUT2D eigenvalue weighted by atomic mass is 16.2. The molecule has 0 saturated carbocycles. The number of aryl methyl sites for hydroxylation is 1. The summed E-state index contributed by atoms with van der Waals surface area (Å²) in [5, 5.41) is 20.1. The van der Waals surface area contributed by atoms with E-state index in [0.717, 1.165) is 49.6 Å². The number of rotatable bonds is 6. The number of amides is 1. The summed E-state index contributed by atoms with van der Waals surface area (Å²) in [6.45, 7) is 4.11. The van der Waals surface area contributed by atoms with E-state index in [4.69, 9.17) is 0 Å². The molecule has 4 rings (SSSR count). The maximum atomic E-state index is 13.0. The third kappa shape index (κ3) is 3.56. The summed E-state index contributed by atoms with van der Waals surface area (Å²) in [5.74, 6) is 2.03. The predicted octanol–water partition coefficient (Wildman–Crippen LogP) is 1.76. The van der Waals surface area contributed by atoms with Crippen molar-refractivity contribution in [1.29, 1.82) is 0 Å². The Kier molecular flexibility index (Phi) is 5.23. The number of carbonyl (C=O) groups excluding carboxylic acids is 1. The van der Waals surface area contributed by atoms with Gasteiger partial charge in [0.15, 0.2) is 5.82 Å². The molecular weight excluding hydrogens is 356 g/mol. The van der Waals surface area contributed by atoms with E-state index in [2.05, 4.69) is 32.4 Å². The lowest BCUT2D eigenvalue weighted by Crippen LogP contribution is -2.40. The number of nitrogens with one attached hydrogen (secondary N) is 1. The van der Waals surface area contributed by atoms with Crippen LogP contribution in [-0.4, -0.2) is 58.6 Å². The summed E-state index contributed by atoms with van der Waals surface area (Å²) in [6.07, 6.45) is 9.09. The van der Waals surface area contributed by atoms with Crippen molar-refractivity contribution in [1.82, 2.24) is 39.6 Å². The molecule has 0 bridgehead atoms. The van der Waals surface area contributed by atoms with E-state index in [1.54, 1.807) is 12.4 Å². The first-order chi connectivity index (χ1) is 13.7. The van der Waals surface area contributed by atoms with Gasteiger partial charge in [-0.3, -0.25) is 14.6 Å². The zero-order chi connectivity index (χ0) is 19.5. The smallest absolute Gasteiger partial charge is 0.257 e. The second-order valence-electron chi connectivity index (χ2n) is 7.34. The number of nitrogens with zero attached hydrogens (tertiary/aromatic N) is 7. The Bertz CT molecular complexity index is 926. The Hall–Kier alpha value is -2.97. The summed E-state index contributed by atoms with van der Waals surface area (Å²) >= 11 is 0. The molecule has 3 aromatic heterocycles. The molecule has 1 aliphatic rings. The van der Waals surface area contributed by atoms with E-state index in [9.17, 15) is 4.79 Å². The number of hydrogen-bond acceptors (Lipinski definition) is 5. The van der Waals surface area contributed by atoms with Gasteiger partial charge in [-0.25, -0.2) is 0 Å². The van der Waals surface area contributed by atoms with Crippen molar-refractivity contribution < 1.29 is 4.79 Å². The Morgan fingerprint density at radius 3 is 3.04 bits per heavy atom. The van der Waals surface area contributed by atoms with Crippen LogP contribution in [0.5, 0.6) is 0 Å². The van der Waals surface area contributed by atoms with Gasteiger partial charge >= 0.3 is 0 Å². The number of aromatic amines is 1. The number of piperidine rings is 1. The van der Waals surface area contributed by atoms with Crippen molar-refractivity contribution in [2.75, 3.05) is 13.1 Å². The Morgan fingerprint density at radius 2 is 2.25 bits per heavy atom. The molecule has 148 valence electrons. The van der Waals surface area contributed by atoms with E-state index in [-0.39, 0.29) is 11.8 Å². The lowest BCUT2D eigenvalue weighted by Gasteiger charge is -2.32. The molecule has 1 fully saturated rings. The zero-order valence-electron chi connectivity index (χ0n) is 16.4. The summed E-state index contributed by atoms with van der Waals surface area (Å²) in [4.78, 5) is 15.0. The van der Waals surface area contributed by atoms with Gasteiger partial charge in [-0.05, 0) is 25.3 Å². The molecule has 0 radical (unpaired) electrons. The molecule has 28 heavy (non-hydrogen) atoms. The molecule has 9 nitrogen and oxygen atoms in total. The molecule has 1 saturated heterocycles. The van der Waals surface area contributed by atoms with Gasteiger partial charge in [0.1, 0.15) is 12.4 Å². The first kappa shape index (κ1) is 18.4. The summed E-state index contributed by atoms with van der Waals surface area (Å²) in [6, 6.07) is 1.89. The van der Waals surface area contributed by atoms with Crippen LogP contribution in [-0.2, 0) is 20.0 Å². The van der Waals surface area contributed by atoms with Crippen LogP contribution in [0.1, 0.15) is 59.8 Å². The predicted molar refractivity (Wildman–Crippen MR) is 103 cm³/mol. The van der Waals surface area contributed by atoms with Gasteiger partial charge in [0, 0.05) is 44.1 Å². The van der Waals surface area contributed by atoms with E-state index >= 15 is 0 Å².